The third-order valence-corrected chi connectivity index (χ3v) is 3.02. The van der Waals surface area contributed by atoms with Crippen LogP contribution in [0.1, 0.15) is 17.8 Å². The van der Waals surface area contributed by atoms with Gasteiger partial charge in [-0.3, -0.25) is 4.99 Å². The highest BCUT2D eigenvalue weighted by molar-refractivity contribution is 7.98. The predicted molar refractivity (Wildman–Crippen MR) is 83.9 cm³/mol. The molecule has 0 radical (unpaired) electrons. The second-order valence-corrected chi connectivity index (χ2v) is 4.39. The van der Waals surface area contributed by atoms with Crippen molar-refractivity contribution in [1.82, 2.24) is 9.97 Å². The van der Waals surface area contributed by atoms with Crippen molar-refractivity contribution < 1.29 is 0 Å². The molecule has 1 aromatic rings. The van der Waals surface area contributed by atoms with Gasteiger partial charge in [0.2, 0.25) is 0 Å². The summed E-state index contributed by atoms with van der Waals surface area (Å²) in [6, 6.07) is 0. The number of imidazole rings is 1. The van der Waals surface area contributed by atoms with Gasteiger partial charge in [-0.05, 0) is 6.92 Å². The van der Waals surface area contributed by atoms with Gasteiger partial charge in [-0.2, -0.15) is 11.8 Å². The fraction of sp³-hybridized carbons (Fsp3) is 0.455. The Bertz CT molecular complexity index is 398. The number of nitrogens with zero attached hydrogens (tertiary/aromatic N) is 2. The topological polar surface area (TPSA) is 67.1 Å². The van der Waals surface area contributed by atoms with E-state index in [-0.39, 0.29) is 24.8 Å². The molecule has 0 aliphatic carbocycles. The molecule has 0 amide bonds. The maximum Gasteiger partial charge on any atom is 0.101 e. The molecule has 3 N–H and O–H groups in total. The van der Waals surface area contributed by atoms with Crippen molar-refractivity contribution in [3.05, 3.63) is 17.7 Å². The van der Waals surface area contributed by atoms with Gasteiger partial charge in [0.25, 0.3) is 0 Å². The first-order valence-electron chi connectivity index (χ1n) is 5.03. The Morgan fingerprint density at radius 2 is 2.33 bits per heavy atom. The van der Waals surface area contributed by atoms with E-state index in [1.807, 2.05) is 6.92 Å². The van der Waals surface area contributed by atoms with Crippen LogP contribution >= 0.6 is 36.6 Å². The van der Waals surface area contributed by atoms with Crippen LogP contribution in [0.4, 0.5) is 0 Å². The zero-order valence-corrected chi connectivity index (χ0v) is 12.6. The van der Waals surface area contributed by atoms with E-state index in [1.54, 1.807) is 18.1 Å². The summed E-state index contributed by atoms with van der Waals surface area (Å²) in [5.41, 5.74) is 7.90. The number of aliphatic imine (C=N–C) groups is 1. The van der Waals surface area contributed by atoms with Gasteiger partial charge in [0.05, 0.1) is 17.9 Å². The molecule has 0 saturated heterocycles. The zero-order chi connectivity index (χ0) is 11.8. The molecule has 102 valence electrons. The Morgan fingerprint density at radius 1 is 1.61 bits per heavy atom. The average Bonchev–Trinajstić information content (AvgIpc) is 2.67. The lowest BCUT2D eigenvalue weighted by Crippen LogP contribution is -2.13. The number of aryl methyl sites for hydroxylation is 1. The number of nitrogens with two attached hydrogens (primary N) is 1. The number of nitrogens with one attached hydrogen (secondary N) is 1. The minimum absolute atomic E-state index is 0. The second kappa shape index (κ2) is 11.3. The Balaban J connectivity index is 0. The Hall–Kier alpha value is -0.830. The molecule has 0 spiro atoms. The predicted octanol–water partition coefficient (Wildman–Crippen LogP) is 2.18. The summed E-state index contributed by atoms with van der Waals surface area (Å²) in [6.45, 7) is 2.39. The maximum absolute atomic E-state index is 5.67. The molecule has 0 aromatic carbocycles. The van der Waals surface area contributed by atoms with Gasteiger partial charge in [0.1, 0.15) is 6.54 Å². The largest absolute Gasteiger partial charge is 0.387 e. The van der Waals surface area contributed by atoms with E-state index in [1.165, 1.54) is 0 Å². The lowest BCUT2D eigenvalue weighted by molar-refractivity contribution is 1.16. The Kier molecular flexibility index (Phi) is 12.2. The number of terminal acetylenes is 1. The third kappa shape index (κ3) is 7.49. The van der Waals surface area contributed by atoms with E-state index in [9.17, 15) is 0 Å². The van der Waals surface area contributed by atoms with Crippen LogP contribution in [0.3, 0.4) is 0 Å². The number of rotatable bonds is 6. The maximum atomic E-state index is 5.67. The van der Waals surface area contributed by atoms with Gasteiger partial charge in [-0.15, -0.1) is 31.2 Å². The summed E-state index contributed by atoms with van der Waals surface area (Å²) in [5, 5.41) is 0. The monoisotopic (exact) mass is 308 g/mol. The van der Waals surface area contributed by atoms with Crippen LogP contribution in [0, 0.1) is 19.3 Å². The van der Waals surface area contributed by atoms with Gasteiger partial charge < -0.3 is 10.7 Å². The molecule has 18 heavy (non-hydrogen) atoms. The molecule has 0 aliphatic rings. The Labute approximate surface area is 124 Å². The summed E-state index contributed by atoms with van der Waals surface area (Å²) in [5.74, 6) is 4.90. The number of thioether (sulfide) groups is 1. The SMILES string of the molecule is C#CCN=C(N)CCSCc1nc[nH]c1C.Cl.Cl. The molecule has 0 unspecified atom stereocenters. The van der Waals surface area contributed by atoms with Gasteiger partial charge in [0, 0.05) is 23.6 Å². The molecule has 1 aromatic heterocycles. The molecule has 0 aliphatic heterocycles. The zero-order valence-electron chi connectivity index (χ0n) is 10.2. The van der Waals surface area contributed by atoms with E-state index in [0.717, 1.165) is 29.3 Å². The molecule has 1 heterocycles. The van der Waals surface area contributed by atoms with Gasteiger partial charge in [-0.25, -0.2) is 4.98 Å². The molecule has 4 nitrogen and oxygen atoms in total. The third-order valence-electron chi connectivity index (χ3n) is 2.05. The number of hydrogen-bond acceptors (Lipinski definition) is 3. The van der Waals surface area contributed by atoms with Crippen LogP contribution < -0.4 is 5.73 Å². The smallest absolute Gasteiger partial charge is 0.101 e. The van der Waals surface area contributed by atoms with E-state index in [0.29, 0.717) is 12.4 Å². The molecule has 0 atom stereocenters. The number of hydrogen-bond donors (Lipinski definition) is 2. The highest BCUT2D eigenvalue weighted by Gasteiger charge is 2.00. The van der Waals surface area contributed by atoms with Gasteiger partial charge in [-0.1, -0.05) is 5.92 Å². The fourth-order valence-corrected chi connectivity index (χ4v) is 2.09. The molecule has 0 saturated carbocycles. The van der Waals surface area contributed by atoms with Crippen LogP contribution in [0.25, 0.3) is 0 Å². The summed E-state index contributed by atoms with van der Waals surface area (Å²) >= 11 is 1.79. The Morgan fingerprint density at radius 3 is 2.89 bits per heavy atom. The first-order valence-corrected chi connectivity index (χ1v) is 6.18. The van der Waals surface area contributed by atoms with E-state index < -0.39 is 0 Å². The van der Waals surface area contributed by atoms with E-state index >= 15 is 0 Å². The quantitative estimate of drug-likeness (QED) is 0.366. The van der Waals surface area contributed by atoms with Gasteiger partial charge >= 0.3 is 0 Å². The van der Waals surface area contributed by atoms with Crippen LogP contribution in [0.5, 0.6) is 0 Å². The number of aromatic amines is 1. The van der Waals surface area contributed by atoms with E-state index in [2.05, 4.69) is 20.9 Å². The van der Waals surface area contributed by atoms with Crippen molar-refractivity contribution in [1.29, 1.82) is 0 Å². The molecule has 7 heteroatoms. The van der Waals surface area contributed by atoms with Crippen molar-refractivity contribution in [3.63, 3.8) is 0 Å². The molecule has 1 rings (SSSR count). The summed E-state index contributed by atoms with van der Waals surface area (Å²) in [6.07, 6.45) is 7.57. The first kappa shape index (κ1) is 19.5. The lowest BCUT2D eigenvalue weighted by Gasteiger charge is -2.00. The summed E-state index contributed by atoms with van der Waals surface area (Å²) in [4.78, 5) is 11.3. The van der Waals surface area contributed by atoms with Gasteiger partial charge in [0.15, 0.2) is 0 Å². The summed E-state index contributed by atoms with van der Waals surface area (Å²) < 4.78 is 0. The molecular weight excluding hydrogens is 291 g/mol. The highest BCUT2D eigenvalue weighted by Crippen LogP contribution is 2.13. The lowest BCUT2D eigenvalue weighted by atomic mass is 10.4. The number of amidine groups is 1. The summed E-state index contributed by atoms with van der Waals surface area (Å²) in [7, 11) is 0. The van der Waals surface area contributed by atoms with E-state index in [4.69, 9.17) is 12.2 Å². The van der Waals surface area contributed by atoms with Crippen LogP contribution in [-0.4, -0.2) is 28.1 Å². The van der Waals surface area contributed by atoms with Crippen LogP contribution in [0.15, 0.2) is 11.3 Å². The fourth-order valence-electron chi connectivity index (χ4n) is 1.10. The molecular formula is C11H18Cl2N4S. The minimum atomic E-state index is 0. The number of halogens is 2. The highest BCUT2D eigenvalue weighted by atomic mass is 35.5. The van der Waals surface area contributed by atoms with Crippen molar-refractivity contribution >= 4 is 42.4 Å². The standard InChI is InChI=1S/C11H16N4S.2ClH/c1-3-5-13-11(12)4-6-16-7-10-9(2)14-8-15-10;;/h1,8H,4-7H2,2H3,(H2,12,13)(H,14,15);2*1H. The second-order valence-electron chi connectivity index (χ2n) is 3.29. The molecule has 0 bridgehead atoms. The van der Waals surface area contributed by atoms with Crippen LogP contribution in [-0.2, 0) is 5.75 Å². The minimum Gasteiger partial charge on any atom is -0.387 e. The average molecular weight is 309 g/mol. The van der Waals surface area contributed by atoms with Crippen LogP contribution in [0.2, 0.25) is 0 Å². The van der Waals surface area contributed by atoms with Crippen molar-refractivity contribution in [2.24, 2.45) is 10.7 Å². The van der Waals surface area contributed by atoms with Crippen molar-refractivity contribution in [3.8, 4) is 12.3 Å². The number of aromatic nitrogens is 2. The normalized spacial score (nSPS) is 10.1. The number of H-pyrrole nitrogens is 1. The van der Waals surface area contributed by atoms with Crippen molar-refractivity contribution in [2.75, 3.05) is 12.3 Å². The molecule has 0 fully saturated rings. The van der Waals surface area contributed by atoms with Crippen molar-refractivity contribution in [2.45, 2.75) is 19.1 Å². The first-order chi connectivity index (χ1) is 7.74.